The van der Waals surface area contributed by atoms with E-state index in [2.05, 4.69) is 11.4 Å². The summed E-state index contributed by atoms with van der Waals surface area (Å²) < 4.78 is 5.67. The fourth-order valence-corrected chi connectivity index (χ4v) is 3.83. The summed E-state index contributed by atoms with van der Waals surface area (Å²) in [5, 5.41) is 12.0. The van der Waals surface area contributed by atoms with Crippen LogP contribution >= 0.6 is 11.8 Å². The monoisotopic (exact) mass is 288 g/mol. The van der Waals surface area contributed by atoms with Gasteiger partial charge in [-0.2, -0.15) is 5.26 Å². The number of hydrogen-bond donors (Lipinski definition) is 1. The van der Waals surface area contributed by atoms with Crippen molar-refractivity contribution in [2.24, 2.45) is 5.92 Å². The second-order valence-electron chi connectivity index (χ2n) is 5.10. The number of thioether (sulfide) groups is 1. The summed E-state index contributed by atoms with van der Waals surface area (Å²) >= 11 is 1.66. The third-order valence-corrected chi connectivity index (χ3v) is 5.04. The molecular weight excluding hydrogens is 272 g/mol. The Morgan fingerprint density at radius 1 is 1.45 bits per heavy atom. The number of nitrogens with zero attached hydrogens (tertiary/aromatic N) is 1. The first-order chi connectivity index (χ1) is 9.78. The third-order valence-electron chi connectivity index (χ3n) is 3.71. The molecule has 2 heterocycles. The Morgan fingerprint density at radius 3 is 3.10 bits per heavy atom. The first-order valence-electron chi connectivity index (χ1n) is 6.84. The molecule has 2 aliphatic heterocycles. The van der Waals surface area contributed by atoms with Crippen molar-refractivity contribution in [2.45, 2.75) is 30.7 Å². The molecule has 0 bridgehead atoms. The van der Waals surface area contributed by atoms with E-state index in [9.17, 15) is 4.79 Å². The average molecular weight is 288 g/mol. The number of nitriles is 1. The standard InChI is InChI=1S/C15H16N2O2S/c16-9-11-5-3-7-20-15(11)17-14(18)13-8-10-4-1-2-6-12(10)19-13/h1-2,4,6,11,13,15H,3,5,7-8H2,(H,17,18). The van der Waals surface area contributed by atoms with Gasteiger partial charge in [-0.15, -0.1) is 11.8 Å². The Bertz CT molecular complexity index is 530. The van der Waals surface area contributed by atoms with Crippen molar-refractivity contribution in [1.82, 2.24) is 5.32 Å². The van der Waals surface area contributed by atoms with E-state index < -0.39 is 6.10 Å². The largest absolute Gasteiger partial charge is 0.480 e. The lowest BCUT2D eigenvalue weighted by molar-refractivity contribution is -0.127. The predicted molar refractivity (Wildman–Crippen MR) is 77.3 cm³/mol. The predicted octanol–water partition coefficient (Wildman–Crippen LogP) is 2.10. The van der Waals surface area contributed by atoms with Crippen molar-refractivity contribution >= 4 is 17.7 Å². The molecule has 0 spiro atoms. The van der Waals surface area contributed by atoms with E-state index >= 15 is 0 Å². The van der Waals surface area contributed by atoms with Crippen molar-refractivity contribution in [3.05, 3.63) is 29.8 Å². The number of ether oxygens (including phenoxy) is 1. The maximum Gasteiger partial charge on any atom is 0.262 e. The minimum absolute atomic E-state index is 0.0959. The van der Waals surface area contributed by atoms with Crippen molar-refractivity contribution in [2.75, 3.05) is 5.75 Å². The van der Waals surface area contributed by atoms with Crippen molar-refractivity contribution in [1.29, 1.82) is 5.26 Å². The van der Waals surface area contributed by atoms with Gasteiger partial charge in [0.2, 0.25) is 0 Å². The molecule has 4 nitrogen and oxygen atoms in total. The number of nitrogens with one attached hydrogen (secondary N) is 1. The molecule has 0 radical (unpaired) electrons. The van der Waals surface area contributed by atoms with Gasteiger partial charge in [0.25, 0.3) is 5.91 Å². The zero-order valence-electron chi connectivity index (χ0n) is 11.0. The lowest BCUT2D eigenvalue weighted by atomic mass is 10.0. The molecule has 0 aliphatic carbocycles. The highest BCUT2D eigenvalue weighted by molar-refractivity contribution is 7.99. The molecule has 2 aliphatic rings. The lowest BCUT2D eigenvalue weighted by Crippen LogP contribution is -2.45. The maximum absolute atomic E-state index is 12.3. The minimum atomic E-state index is -0.464. The Hall–Kier alpha value is -1.67. The van der Waals surface area contributed by atoms with Gasteiger partial charge in [0, 0.05) is 6.42 Å². The number of para-hydroxylation sites is 1. The summed E-state index contributed by atoms with van der Waals surface area (Å²) in [5.41, 5.74) is 1.07. The van der Waals surface area contributed by atoms with Gasteiger partial charge in [-0.05, 0) is 30.2 Å². The number of fused-ring (bicyclic) bond motifs is 1. The zero-order valence-corrected chi connectivity index (χ0v) is 11.9. The van der Waals surface area contributed by atoms with E-state index in [1.54, 1.807) is 11.8 Å². The summed E-state index contributed by atoms with van der Waals surface area (Å²) in [6.07, 6.45) is 2.05. The molecule has 104 valence electrons. The summed E-state index contributed by atoms with van der Waals surface area (Å²) in [4.78, 5) is 12.3. The summed E-state index contributed by atoms with van der Waals surface area (Å²) in [6.45, 7) is 0. The SMILES string of the molecule is N#CC1CCCSC1NC(=O)C1Cc2ccccc2O1. The normalized spacial score (nSPS) is 28.1. The molecule has 1 aromatic rings. The third kappa shape index (κ3) is 2.61. The quantitative estimate of drug-likeness (QED) is 0.905. The van der Waals surface area contributed by atoms with Gasteiger partial charge < -0.3 is 10.1 Å². The van der Waals surface area contributed by atoms with Crippen LogP contribution in [-0.4, -0.2) is 23.1 Å². The first-order valence-corrected chi connectivity index (χ1v) is 7.89. The number of benzene rings is 1. The topological polar surface area (TPSA) is 62.1 Å². The second-order valence-corrected chi connectivity index (χ2v) is 6.35. The molecule has 1 amide bonds. The van der Waals surface area contributed by atoms with E-state index in [1.807, 2.05) is 24.3 Å². The number of carbonyl (C=O) groups is 1. The molecule has 3 rings (SSSR count). The van der Waals surface area contributed by atoms with Gasteiger partial charge in [0.1, 0.15) is 5.75 Å². The molecule has 1 aromatic carbocycles. The van der Waals surface area contributed by atoms with Gasteiger partial charge >= 0.3 is 0 Å². The highest BCUT2D eigenvalue weighted by Gasteiger charge is 2.33. The van der Waals surface area contributed by atoms with Crippen LogP contribution in [0, 0.1) is 17.2 Å². The van der Waals surface area contributed by atoms with Gasteiger partial charge in [0.05, 0.1) is 17.4 Å². The summed E-state index contributed by atoms with van der Waals surface area (Å²) in [5.74, 6) is 1.58. The van der Waals surface area contributed by atoms with Crippen molar-refractivity contribution < 1.29 is 9.53 Å². The van der Waals surface area contributed by atoms with Crippen LogP contribution in [0.15, 0.2) is 24.3 Å². The molecule has 3 unspecified atom stereocenters. The fraction of sp³-hybridized carbons (Fsp3) is 0.467. The minimum Gasteiger partial charge on any atom is -0.480 e. The lowest BCUT2D eigenvalue weighted by Gasteiger charge is -2.27. The van der Waals surface area contributed by atoms with Gasteiger partial charge in [-0.3, -0.25) is 4.79 Å². The second kappa shape index (κ2) is 5.76. The smallest absolute Gasteiger partial charge is 0.262 e. The molecule has 20 heavy (non-hydrogen) atoms. The number of amides is 1. The van der Waals surface area contributed by atoms with Gasteiger partial charge in [-0.25, -0.2) is 0 Å². The van der Waals surface area contributed by atoms with Crippen molar-refractivity contribution in [3.8, 4) is 11.8 Å². The van der Waals surface area contributed by atoms with Crippen LogP contribution in [-0.2, 0) is 11.2 Å². The Balaban J connectivity index is 1.62. The fourth-order valence-electron chi connectivity index (χ4n) is 2.62. The van der Waals surface area contributed by atoms with Crippen LogP contribution in [0.25, 0.3) is 0 Å². The Labute approximate surface area is 122 Å². The van der Waals surface area contributed by atoms with E-state index in [1.165, 1.54) is 0 Å². The van der Waals surface area contributed by atoms with E-state index in [0.29, 0.717) is 6.42 Å². The molecule has 1 fully saturated rings. The molecule has 0 saturated carbocycles. The Morgan fingerprint density at radius 2 is 2.30 bits per heavy atom. The van der Waals surface area contributed by atoms with E-state index in [0.717, 1.165) is 29.9 Å². The molecule has 1 saturated heterocycles. The molecule has 5 heteroatoms. The van der Waals surface area contributed by atoms with Crippen molar-refractivity contribution in [3.63, 3.8) is 0 Å². The highest BCUT2D eigenvalue weighted by atomic mass is 32.2. The molecule has 0 aromatic heterocycles. The van der Waals surface area contributed by atoms with Crippen LogP contribution < -0.4 is 10.1 Å². The van der Waals surface area contributed by atoms with Crippen LogP contribution in [0.5, 0.6) is 5.75 Å². The van der Waals surface area contributed by atoms with E-state index in [4.69, 9.17) is 10.00 Å². The number of rotatable bonds is 2. The van der Waals surface area contributed by atoms with Crippen LogP contribution in [0.4, 0.5) is 0 Å². The van der Waals surface area contributed by atoms with E-state index in [-0.39, 0.29) is 17.2 Å². The molecule has 1 N–H and O–H groups in total. The molecular formula is C15H16N2O2S. The van der Waals surface area contributed by atoms with Crippen LogP contribution in [0.2, 0.25) is 0 Å². The Kier molecular flexibility index (Phi) is 3.83. The van der Waals surface area contributed by atoms with Crippen LogP contribution in [0.1, 0.15) is 18.4 Å². The number of carbonyl (C=O) groups excluding carboxylic acids is 1. The molecule has 3 atom stereocenters. The maximum atomic E-state index is 12.3. The zero-order chi connectivity index (χ0) is 13.9. The first kappa shape index (κ1) is 13.3. The van der Waals surface area contributed by atoms with Gasteiger partial charge in [0.15, 0.2) is 6.10 Å². The number of hydrogen-bond acceptors (Lipinski definition) is 4. The average Bonchev–Trinajstić information content (AvgIpc) is 2.92. The summed E-state index contributed by atoms with van der Waals surface area (Å²) in [7, 11) is 0. The summed E-state index contributed by atoms with van der Waals surface area (Å²) in [6, 6.07) is 10.0. The highest BCUT2D eigenvalue weighted by Crippen LogP contribution is 2.31. The van der Waals surface area contributed by atoms with Gasteiger partial charge in [-0.1, -0.05) is 18.2 Å². The van der Waals surface area contributed by atoms with Crippen LogP contribution in [0.3, 0.4) is 0 Å².